The maximum absolute atomic E-state index is 7.84. The van der Waals surface area contributed by atoms with Crippen LogP contribution in [0, 0.1) is 0 Å². The molecule has 12 nitrogen and oxygen atoms in total. The Labute approximate surface area is 775 Å². The fraction of sp³-hybridized carbons (Fsp3) is 0.586. The van der Waals surface area contributed by atoms with Crippen LogP contribution in [0.3, 0.4) is 0 Å². The van der Waals surface area contributed by atoms with Crippen LogP contribution in [-0.2, 0) is 26.2 Å². The highest BCUT2D eigenvalue weighted by molar-refractivity contribution is 5.70. The van der Waals surface area contributed by atoms with E-state index in [4.69, 9.17) is 37.9 Å². The number of nitrogens with zero attached hydrogens (tertiary/aromatic N) is 4. The molecule has 8 aromatic rings. The second-order valence-corrected chi connectivity index (χ2v) is 38.7. The predicted octanol–water partition coefficient (Wildman–Crippen LogP) is 31.9. The SMILES string of the molecule is CCCCCCCCCCC[C@H]1c2cc(c3c(c2OC)CN([C@H](C)c2ccccc2)CO3)[C@@H](CCCCCCCCCCC)c2cc(c3c(c2OC)CN([C@H](C)c2ccccc2)CO3)[C@@H](CCCCCCCCCCC)c2cc(c3c(c2OC)CN([C@H](C)c2ccccc2)CO3)[C@@H](CCCCCCCCCCC)c2cc1c1c(c2OC)CN([C@H](C)c2ccccc2)CO1. The first-order valence-electron chi connectivity index (χ1n) is 51.6. The number of rotatable bonds is 52. The number of benzene rings is 8. The van der Waals surface area contributed by atoms with Crippen molar-refractivity contribution in [2.75, 3.05) is 55.4 Å². The van der Waals surface area contributed by atoms with E-state index < -0.39 is 0 Å². The smallest absolute Gasteiger partial charge is 0.142 e. The first-order valence-corrected chi connectivity index (χ1v) is 51.6. The van der Waals surface area contributed by atoms with Crippen molar-refractivity contribution in [1.82, 2.24) is 19.6 Å². The van der Waals surface area contributed by atoms with Crippen LogP contribution in [0.2, 0.25) is 0 Å². The van der Waals surface area contributed by atoms with Gasteiger partial charge in [-0.05, 0) is 99.9 Å². The normalized spacial score (nSPS) is 17.9. The number of unbranched alkanes of at least 4 members (excludes halogenated alkanes) is 32. The largest absolute Gasteiger partial charge is 0.496 e. The van der Waals surface area contributed by atoms with E-state index in [9.17, 15) is 0 Å². The lowest BCUT2D eigenvalue weighted by molar-refractivity contribution is 0.0581. The van der Waals surface area contributed by atoms with Crippen LogP contribution < -0.4 is 37.9 Å². The lowest BCUT2D eigenvalue weighted by atomic mass is 9.74. The predicted molar refractivity (Wildman–Crippen MR) is 530 cm³/mol. The van der Waals surface area contributed by atoms with Crippen molar-refractivity contribution in [1.29, 1.82) is 0 Å². The molecule has 0 spiro atoms. The summed E-state index contributed by atoms with van der Waals surface area (Å²) in [5.74, 6) is 6.68. The maximum atomic E-state index is 7.84. The molecule has 4 aliphatic heterocycles. The quantitative estimate of drug-likeness (QED) is 0.0340. The number of fused-ring (bicyclic) bond motifs is 16. The van der Waals surface area contributed by atoms with Gasteiger partial charge in [0.15, 0.2) is 0 Å². The topological polar surface area (TPSA) is 86.8 Å². The third-order valence-electron chi connectivity index (χ3n) is 30.0. The second-order valence-electron chi connectivity index (χ2n) is 38.7. The molecule has 13 rings (SSSR count). The lowest BCUT2D eigenvalue weighted by Crippen LogP contribution is -2.36. The van der Waals surface area contributed by atoms with Gasteiger partial charge in [0.1, 0.15) is 72.9 Å². The van der Waals surface area contributed by atoms with Gasteiger partial charge in [-0.1, -0.05) is 380 Å². The lowest BCUT2D eigenvalue weighted by Gasteiger charge is -2.41. The van der Waals surface area contributed by atoms with Gasteiger partial charge in [-0.2, -0.15) is 0 Å². The maximum Gasteiger partial charge on any atom is 0.142 e. The highest BCUT2D eigenvalue weighted by Crippen LogP contribution is 2.60. The number of methoxy groups -OCH3 is 4. The van der Waals surface area contributed by atoms with E-state index >= 15 is 0 Å². The molecule has 0 unspecified atom stereocenters. The van der Waals surface area contributed by atoms with Gasteiger partial charge in [-0.25, -0.2) is 0 Å². The summed E-state index contributed by atoms with van der Waals surface area (Å²) in [6.07, 6.45) is 47.7. The van der Waals surface area contributed by atoms with Crippen LogP contribution in [0.5, 0.6) is 46.0 Å². The molecule has 0 N–H and O–H groups in total. The molecule has 0 amide bonds. The van der Waals surface area contributed by atoms with Crippen LogP contribution in [0.1, 0.15) is 449 Å². The fourth-order valence-electron chi connectivity index (χ4n) is 22.2. The molecule has 0 fully saturated rings. The fourth-order valence-corrected chi connectivity index (χ4v) is 22.2. The summed E-state index contributed by atoms with van der Waals surface area (Å²) in [5.41, 5.74) is 19.2. The molecule has 696 valence electrons. The number of hydrogen-bond donors (Lipinski definition) is 0. The van der Waals surface area contributed by atoms with Gasteiger partial charge in [0.05, 0.1) is 50.7 Å². The van der Waals surface area contributed by atoms with Crippen molar-refractivity contribution in [2.24, 2.45) is 0 Å². The average Bonchev–Trinajstić information content (AvgIpc) is 0.719. The summed E-state index contributed by atoms with van der Waals surface area (Å²) in [6.45, 7) is 23.0. The summed E-state index contributed by atoms with van der Waals surface area (Å²) < 4.78 is 61.0. The third kappa shape index (κ3) is 24.6. The molecule has 12 heteroatoms. The molecule has 0 saturated carbocycles. The van der Waals surface area contributed by atoms with Gasteiger partial charge in [-0.3, -0.25) is 19.6 Å². The van der Waals surface area contributed by atoms with Crippen molar-refractivity contribution in [3.8, 4) is 46.0 Å². The molecule has 5 aliphatic rings. The second kappa shape index (κ2) is 51.1. The summed E-state index contributed by atoms with van der Waals surface area (Å²) in [7, 11) is 7.82. The van der Waals surface area contributed by atoms with E-state index in [1.165, 1.54) is 247 Å². The van der Waals surface area contributed by atoms with Crippen LogP contribution >= 0.6 is 0 Å². The zero-order valence-electron chi connectivity index (χ0n) is 81.5. The van der Waals surface area contributed by atoms with E-state index in [-0.39, 0.29) is 47.8 Å². The Morgan fingerprint density at radius 3 is 0.586 bits per heavy atom. The molecule has 1 aliphatic carbocycles. The molecule has 8 bridgehead atoms. The zero-order valence-corrected chi connectivity index (χ0v) is 81.5. The minimum Gasteiger partial charge on any atom is -0.496 e. The van der Waals surface area contributed by atoms with E-state index in [2.05, 4.69) is 221 Å². The molecular formula is C116H164N4O8. The molecule has 0 aromatic heterocycles. The Hall–Kier alpha value is -8.00. The average molecular weight is 1740 g/mol. The Balaban J connectivity index is 1.14. The minimum absolute atomic E-state index is 0.0437. The Bertz CT molecular complexity index is 3940. The third-order valence-corrected chi connectivity index (χ3v) is 30.0. The van der Waals surface area contributed by atoms with Crippen molar-refractivity contribution >= 4 is 0 Å². The zero-order chi connectivity index (χ0) is 89.4. The van der Waals surface area contributed by atoms with Crippen LogP contribution in [-0.4, -0.2) is 75.0 Å². The summed E-state index contributed by atoms with van der Waals surface area (Å²) in [5, 5.41) is 0. The van der Waals surface area contributed by atoms with Gasteiger partial charge < -0.3 is 37.9 Å². The highest BCUT2D eigenvalue weighted by Gasteiger charge is 2.44. The van der Waals surface area contributed by atoms with Gasteiger partial charge in [0.2, 0.25) is 0 Å². The molecule has 0 radical (unpaired) electrons. The van der Waals surface area contributed by atoms with Gasteiger partial charge in [0.25, 0.3) is 0 Å². The van der Waals surface area contributed by atoms with Crippen molar-refractivity contribution < 1.29 is 37.9 Å². The van der Waals surface area contributed by atoms with Crippen molar-refractivity contribution in [3.63, 3.8) is 0 Å². The summed E-state index contributed by atoms with van der Waals surface area (Å²) in [4.78, 5) is 10.2. The van der Waals surface area contributed by atoms with E-state index in [1.54, 1.807) is 0 Å². The van der Waals surface area contributed by atoms with E-state index in [0.717, 1.165) is 145 Å². The number of ether oxygens (including phenoxy) is 8. The molecule has 128 heavy (non-hydrogen) atoms. The highest BCUT2D eigenvalue weighted by atomic mass is 16.5. The van der Waals surface area contributed by atoms with Gasteiger partial charge in [0, 0.05) is 119 Å². The molecule has 4 heterocycles. The number of hydrogen-bond acceptors (Lipinski definition) is 12. The summed E-state index contributed by atoms with van der Waals surface area (Å²) >= 11 is 0. The first-order chi connectivity index (χ1) is 63.0. The molecule has 0 saturated heterocycles. The first kappa shape index (κ1) is 97.5. The monoisotopic (exact) mass is 1740 g/mol. The van der Waals surface area contributed by atoms with Crippen molar-refractivity contribution in [3.05, 3.63) is 235 Å². The molecule has 8 aromatic carbocycles. The van der Waals surface area contributed by atoms with E-state index in [0.29, 0.717) is 53.1 Å². The Morgan fingerprint density at radius 2 is 0.414 bits per heavy atom. The van der Waals surface area contributed by atoms with Crippen LogP contribution in [0.4, 0.5) is 0 Å². The summed E-state index contributed by atoms with van der Waals surface area (Å²) in [6, 6.07) is 55.1. The standard InChI is InChI=1S/C116H164N4O8/c1-13-17-21-25-29-33-37-41-57-69-93-97-73-102(114-105(109(97)121-9)77-117(82-126-114)85(5)89-61-49-45-50-62-89)95(71-59-43-39-35-31-27-23-19-15-3)99-75-104(116-107(111(99)123-11)79-119(84-128-116)87(7)91-65-53-47-54-66-91)96(72-60-44-40-36-32-28-24-20-16-4)100-76-103(115-108(112(100)124-12)80-120(83-127-115)88(8)92-67-55-48-56-68-92)94(70-58-42-38-34-30-26-22-18-14-2)98-74-101(93)113-106(110(98)122-10)78-118(81-125-113)86(6)90-63-51-46-52-64-90/h45-56,61-68,73-76,85-88,93-96H,13-44,57-60,69-72,77-84H2,1-12H3/t85-,86-,87-,88-,93+,94+,95+,96+/m1/s1. The molecule has 8 atom stereocenters. The van der Waals surface area contributed by atoms with Gasteiger partial charge >= 0.3 is 0 Å². The van der Waals surface area contributed by atoms with E-state index in [1.807, 2.05) is 28.4 Å². The Kier molecular flexibility index (Phi) is 39.0. The Morgan fingerprint density at radius 1 is 0.242 bits per heavy atom. The van der Waals surface area contributed by atoms with Crippen LogP contribution in [0.25, 0.3) is 0 Å². The van der Waals surface area contributed by atoms with Gasteiger partial charge in [-0.15, -0.1) is 0 Å². The minimum atomic E-state index is -0.195. The molecular weight excluding hydrogens is 1580 g/mol. The van der Waals surface area contributed by atoms with Crippen LogP contribution in [0.15, 0.2) is 146 Å². The van der Waals surface area contributed by atoms with Crippen molar-refractivity contribution in [2.45, 2.75) is 386 Å².